The molecule has 0 amide bonds. The smallest absolute Gasteiger partial charge is 0.314 e. The van der Waals surface area contributed by atoms with Gasteiger partial charge in [-0.15, -0.1) is 12.4 Å². The van der Waals surface area contributed by atoms with Crippen LogP contribution in [0, 0.1) is 5.82 Å². The van der Waals surface area contributed by atoms with Gasteiger partial charge >= 0.3 is 6.18 Å². The predicted molar refractivity (Wildman–Crippen MR) is 76.5 cm³/mol. The van der Waals surface area contributed by atoms with Crippen molar-refractivity contribution in [3.05, 3.63) is 34.6 Å². The van der Waals surface area contributed by atoms with Crippen LogP contribution in [0.2, 0.25) is 5.02 Å². The maximum atomic E-state index is 13.3. The molecule has 0 saturated carbocycles. The third-order valence-electron chi connectivity index (χ3n) is 3.33. The van der Waals surface area contributed by atoms with Crippen LogP contribution in [-0.4, -0.2) is 37.3 Å². The standard InChI is InChI=1S/C13H15ClF4N2.ClH/c14-11-2-1-9(15)7-10(11)12(8-13(16,17)18)20-5-3-19-4-6-20;/h1-2,7,12,19H,3-6,8H2;1H/t12-;/m1./s1. The number of alkyl halides is 3. The Labute approximate surface area is 131 Å². The van der Waals surface area contributed by atoms with Crippen LogP contribution in [0.1, 0.15) is 18.0 Å². The molecular formula is C13H16Cl2F4N2. The summed E-state index contributed by atoms with van der Waals surface area (Å²) in [5.74, 6) is -0.577. The van der Waals surface area contributed by atoms with Crippen LogP contribution in [0.3, 0.4) is 0 Å². The van der Waals surface area contributed by atoms with E-state index in [0.29, 0.717) is 26.2 Å². The van der Waals surface area contributed by atoms with Crippen molar-refractivity contribution in [3.8, 4) is 0 Å². The molecule has 0 unspecified atom stereocenters. The topological polar surface area (TPSA) is 15.3 Å². The van der Waals surface area contributed by atoms with Gasteiger partial charge in [-0.3, -0.25) is 4.90 Å². The number of piperazine rings is 1. The quantitative estimate of drug-likeness (QED) is 0.837. The third kappa shape index (κ3) is 5.29. The van der Waals surface area contributed by atoms with Crippen molar-refractivity contribution in [2.24, 2.45) is 0 Å². The van der Waals surface area contributed by atoms with E-state index in [9.17, 15) is 17.6 Å². The zero-order valence-corrected chi connectivity index (χ0v) is 12.7. The summed E-state index contributed by atoms with van der Waals surface area (Å²) in [6, 6.07) is 2.60. The van der Waals surface area contributed by atoms with Crippen molar-refractivity contribution in [3.63, 3.8) is 0 Å². The Balaban J connectivity index is 0.00000220. The Morgan fingerprint density at radius 1 is 1.24 bits per heavy atom. The second-order valence-corrected chi connectivity index (χ2v) is 5.19. The third-order valence-corrected chi connectivity index (χ3v) is 3.68. The Bertz CT molecular complexity index is 462. The molecule has 21 heavy (non-hydrogen) atoms. The minimum absolute atomic E-state index is 0. The first-order chi connectivity index (χ1) is 9.37. The lowest BCUT2D eigenvalue weighted by molar-refractivity contribution is -0.148. The van der Waals surface area contributed by atoms with Crippen LogP contribution in [0.15, 0.2) is 18.2 Å². The van der Waals surface area contributed by atoms with E-state index < -0.39 is 24.5 Å². The lowest BCUT2D eigenvalue weighted by Crippen LogP contribution is -2.46. The number of nitrogens with one attached hydrogen (secondary N) is 1. The second-order valence-electron chi connectivity index (χ2n) is 4.79. The van der Waals surface area contributed by atoms with Gasteiger partial charge in [0, 0.05) is 37.2 Å². The molecular weight excluding hydrogens is 331 g/mol. The van der Waals surface area contributed by atoms with E-state index in [0.717, 1.165) is 12.1 Å². The average Bonchev–Trinajstić information content (AvgIpc) is 2.39. The van der Waals surface area contributed by atoms with Crippen molar-refractivity contribution in [1.29, 1.82) is 0 Å². The SMILES string of the molecule is Cl.Fc1ccc(Cl)c([C@@H](CC(F)(F)F)N2CCNCC2)c1. The number of hydrogen-bond acceptors (Lipinski definition) is 2. The van der Waals surface area contributed by atoms with Gasteiger partial charge in [0.15, 0.2) is 0 Å². The molecule has 1 fully saturated rings. The molecule has 1 N–H and O–H groups in total. The molecule has 0 aliphatic carbocycles. The van der Waals surface area contributed by atoms with E-state index in [4.69, 9.17) is 11.6 Å². The van der Waals surface area contributed by atoms with Gasteiger partial charge in [0.05, 0.1) is 6.42 Å². The highest BCUT2D eigenvalue weighted by Crippen LogP contribution is 2.37. The Morgan fingerprint density at radius 2 is 1.86 bits per heavy atom. The van der Waals surface area contributed by atoms with Gasteiger partial charge in [-0.25, -0.2) is 4.39 Å². The summed E-state index contributed by atoms with van der Waals surface area (Å²) < 4.78 is 51.7. The highest BCUT2D eigenvalue weighted by Gasteiger charge is 2.36. The van der Waals surface area contributed by atoms with Gasteiger partial charge in [-0.2, -0.15) is 13.2 Å². The lowest BCUT2D eigenvalue weighted by atomic mass is 10.0. The van der Waals surface area contributed by atoms with Crippen LogP contribution in [0.4, 0.5) is 17.6 Å². The molecule has 8 heteroatoms. The van der Waals surface area contributed by atoms with Gasteiger partial charge in [0.25, 0.3) is 0 Å². The molecule has 1 aromatic rings. The number of benzene rings is 1. The van der Waals surface area contributed by atoms with Crippen LogP contribution in [0.5, 0.6) is 0 Å². The minimum atomic E-state index is -4.33. The summed E-state index contributed by atoms with van der Waals surface area (Å²) in [6.07, 6.45) is -5.36. The highest BCUT2D eigenvalue weighted by molar-refractivity contribution is 6.31. The summed E-state index contributed by atoms with van der Waals surface area (Å²) in [5.41, 5.74) is 0.200. The maximum absolute atomic E-state index is 13.3. The number of nitrogens with zero attached hydrogens (tertiary/aromatic N) is 1. The monoisotopic (exact) mass is 346 g/mol. The lowest BCUT2D eigenvalue weighted by Gasteiger charge is -2.36. The van der Waals surface area contributed by atoms with Crippen LogP contribution in [-0.2, 0) is 0 Å². The summed E-state index contributed by atoms with van der Waals surface area (Å²) in [4.78, 5) is 1.70. The van der Waals surface area contributed by atoms with E-state index in [1.807, 2.05) is 0 Å². The molecule has 1 heterocycles. The fourth-order valence-electron chi connectivity index (χ4n) is 2.42. The van der Waals surface area contributed by atoms with Gasteiger partial charge in [0.1, 0.15) is 5.82 Å². The first-order valence-corrected chi connectivity index (χ1v) is 6.71. The molecule has 0 spiro atoms. The summed E-state index contributed by atoms with van der Waals surface area (Å²) in [5, 5.41) is 3.25. The molecule has 1 aliphatic heterocycles. The number of hydrogen-bond donors (Lipinski definition) is 1. The van der Waals surface area contributed by atoms with Gasteiger partial charge in [-0.05, 0) is 23.8 Å². The molecule has 1 aliphatic rings. The van der Waals surface area contributed by atoms with Crippen molar-refractivity contribution in [1.82, 2.24) is 10.2 Å². The van der Waals surface area contributed by atoms with E-state index >= 15 is 0 Å². The summed E-state index contributed by atoms with van der Waals surface area (Å²) in [6.45, 7) is 2.18. The summed E-state index contributed by atoms with van der Waals surface area (Å²) in [7, 11) is 0. The summed E-state index contributed by atoms with van der Waals surface area (Å²) >= 11 is 5.96. The maximum Gasteiger partial charge on any atom is 0.390 e. The number of rotatable bonds is 3. The molecule has 1 aromatic carbocycles. The molecule has 120 valence electrons. The Kier molecular flexibility index (Phi) is 6.71. The van der Waals surface area contributed by atoms with E-state index in [-0.39, 0.29) is 23.0 Å². The molecule has 0 radical (unpaired) electrons. The molecule has 1 saturated heterocycles. The first-order valence-electron chi connectivity index (χ1n) is 6.33. The largest absolute Gasteiger partial charge is 0.390 e. The van der Waals surface area contributed by atoms with Crippen molar-refractivity contribution >= 4 is 24.0 Å². The van der Waals surface area contributed by atoms with Gasteiger partial charge < -0.3 is 5.32 Å². The first kappa shape index (κ1) is 18.5. The number of halogens is 6. The highest BCUT2D eigenvalue weighted by atomic mass is 35.5. The Hall–Kier alpha value is -0.560. The fraction of sp³-hybridized carbons (Fsp3) is 0.538. The van der Waals surface area contributed by atoms with Crippen LogP contribution in [0.25, 0.3) is 0 Å². The molecule has 2 nitrogen and oxygen atoms in total. The zero-order valence-electron chi connectivity index (χ0n) is 11.1. The fourth-order valence-corrected chi connectivity index (χ4v) is 2.66. The van der Waals surface area contributed by atoms with Crippen molar-refractivity contribution in [2.45, 2.75) is 18.6 Å². The molecule has 1 atom stereocenters. The van der Waals surface area contributed by atoms with E-state index in [1.165, 1.54) is 6.07 Å². The molecule has 2 rings (SSSR count). The van der Waals surface area contributed by atoms with Crippen molar-refractivity contribution < 1.29 is 17.6 Å². The molecule has 0 bridgehead atoms. The van der Waals surface area contributed by atoms with Gasteiger partial charge in [-0.1, -0.05) is 11.6 Å². The predicted octanol–water partition coefficient (Wildman–Crippen LogP) is 3.80. The van der Waals surface area contributed by atoms with Crippen LogP contribution < -0.4 is 5.32 Å². The zero-order chi connectivity index (χ0) is 14.8. The second kappa shape index (κ2) is 7.63. The van der Waals surface area contributed by atoms with Crippen molar-refractivity contribution in [2.75, 3.05) is 26.2 Å². The Morgan fingerprint density at radius 3 is 2.43 bits per heavy atom. The van der Waals surface area contributed by atoms with Crippen LogP contribution >= 0.6 is 24.0 Å². The van der Waals surface area contributed by atoms with E-state index in [2.05, 4.69) is 5.32 Å². The van der Waals surface area contributed by atoms with Gasteiger partial charge in [0.2, 0.25) is 0 Å². The van der Waals surface area contributed by atoms with E-state index in [1.54, 1.807) is 4.90 Å². The average molecular weight is 347 g/mol. The molecule has 0 aromatic heterocycles. The normalized spacial score (nSPS) is 18.1. The minimum Gasteiger partial charge on any atom is -0.314 e.